The minimum absolute atomic E-state index is 0.0163. The number of nitrogen functional groups attached to an aromatic ring is 1. The number of hydrogen-bond acceptors (Lipinski definition) is 9. The Bertz CT molecular complexity index is 1500. The zero-order chi connectivity index (χ0) is 27.5. The van der Waals surface area contributed by atoms with Crippen LogP contribution in [0, 0.1) is 21.7 Å². The molecule has 2 aromatic carbocycles. The van der Waals surface area contributed by atoms with Gasteiger partial charge in [0.05, 0.1) is 26.9 Å². The fourth-order valence-corrected chi connectivity index (χ4v) is 5.03. The minimum atomic E-state index is -1.03. The van der Waals surface area contributed by atoms with Gasteiger partial charge in [0.25, 0.3) is 5.69 Å². The number of nitrogens with zero attached hydrogens (tertiary/aromatic N) is 5. The molecule has 3 heterocycles. The maximum Gasteiger partial charge on any atom is 0.410 e. The number of nitro benzene ring substituents is 1. The lowest BCUT2D eigenvalue weighted by molar-refractivity contribution is -0.383. The molecule has 0 aliphatic carbocycles. The van der Waals surface area contributed by atoms with E-state index in [1.54, 1.807) is 25.7 Å². The van der Waals surface area contributed by atoms with Crippen molar-refractivity contribution in [3.63, 3.8) is 0 Å². The molecule has 0 unspecified atom stereocenters. The second-order valence-electron chi connectivity index (χ2n) is 9.95. The Kier molecular flexibility index (Phi) is 6.13. The van der Waals surface area contributed by atoms with E-state index >= 15 is 4.39 Å². The molecule has 1 amide bonds. The normalized spacial score (nSPS) is 17.1. The number of anilines is 2. The maximum absolute atomic E-state index is 16.0. The van der Waals surface area contributed by atoms with Gasteiger partial charge in [-0.25, -0.2) is 23.5 Å². The summed E-state index contributed by atoms with van der Waals surface area (Å²) in [6, 6.07) is 1.31. The number of rotatable bonds is 2. The molecule has 0 bridgehead atoms. The smallest absolute Gasteiger partial charge is 0.410 e. The third kappa shape index (κ3) is 4.16. The van der Waals surface area contributed by atoms with Crippen LogP contribution in [0.3, 0.4) is 0 Å². The van der Waals surface area contributed by atoms with Crippen molar-refractivity contribution >= 4 is 45.8 Å². The summed E-state index contributed by atoms with van der Waals surface area (Å²) >= 11 is 6.62. The first-order chi connectivity index (χ1) is 17.9. The van der Waals surface area contributed by atoms with E-state index in [9.17, 15) is 19.3 Å². The number of nitrogens with two attached hydrogens (primary N) is 1. The standard InChI is InChI=1S/C24H23ClF2N6O5/c1-24(2,3)38-23(34)31-6-7-32-11(8-31)9-37-21-16-20(29-10-30-22(16)32)18(27)15(17(21)25)14-12(26)4-5-13(19(14)28)33(35)36/h4-5,10-11H,6-9,28H2,1-3H3/t11-/m0/s1. The Labute approximate surface area is 220 Å². The number of amides is 1. The summed E-state index contributed by atoms with van der Waals surface area (Å²) < 4.78 is 42.5. The van der Waals surface area contributed by atoms with E-state index in [2.05, 4.69) is 9.97 Å². The second kappa shape index (κ2) is 9.08. The second-order valence-corrected chi connectivity index (χ2v) is 10.3. The number of nitro groups is 1. The lowest BCUT2D eigenvalue weighted by Crippen LogP contribution is -2.57. The highest BCUT2D eigenvalue weighted by molar-refractivity contribution is 6.37. The molecule has 2 aliphatic heterocycles. The lowest BCUT2D eigenvalue weighted by atomic mass is 9.98. The highest BCUT2D eigenvalue weighted by atomic mass is 35.5. The molecule has 1 fully saturated rings. The highest BCUT2D eigenvalue weighted by Crippen LogP contribution is 2.50. The topological polar surface area (TPSA) is 137 Å². The molecular formula is C24H23ClF2N6O5. The van der Waals surface area contributed by atoms with Crippen LogP contribution >= 0.6 is 11.6 Å². The predicted octanol–water partition coefficient (Wildman–Crippen LogP) is 4.54. The van der Waals surface area contributed by atoms with Crippen molar-refractivity contribution in [2.45, 2.75) is 32.4 Å². The molecule has 38 heavy (non-hydrogen) atoms. The van der Waals surface area contributed by atoms with Gasteiger partial charge in [0, 0.05) is 31.3 Å². The number of carbonyl (C=O) groups excluding carboxylic acids is 1. The van der Waals surface area contributed by atoms with Crippen molar-refractivity contribution in [2.24, 2.45) is 0 Å². The monoisotopic (exact) mass is 548 g/mol. The number of piperazine rings is 1. The quantitative estimate of drug-likeness (QED) is 0.278. The number of halogens is 3. The van der Waals surface area contributed by atoms with Gasteiger partial charge in [0.2, 0.25) is 0 Å². The zero-order valence-corrected chi connectivity index (χ0v) is 21.4. The number of fused-ring (bicyclic) bond motifs is 2. The van der Waals surface area contributed by atoms with Crippen LogP contribution in [0.2, 0.25) is 5.02 Å². The molecule has 200 valence electrons. The molecule has 0 radical (unpaired) electrons. The van der Waals surface area contributed by atoms with Crippen molar-refractivity contribution in [1.29, 1.82) is 0 Å². The Morgan fingerprint density at radius 2 is 2.00 bits per heavy atom. The fourth-order valence-electron chi connectivity index (χ4n) is 4.71. The van der Waals surface area contributed by atoms with E-state index in [1.165, 1.54) is 0 Å². The van der Waals surface area contributed by atoms with E-state index in [1.807, 2.05) is 4.90 Å². The molecular weight excluding hydrogens is 526 g/mol. The van der Waals surface area contributed by atoms with E-state index < -0.39 is 56.8 Å². The van der Waals surface area contributed by atoms with Gasteiger partial charge in [-0.2, -0.15) is 0 Å². The molecule has 2 N–H and O–H groups in total. The summed E-state index contributed by atoms with van der Waals surface area (Å²) in [5.41, 5.74) is 2.75. The van der Waals surface area contributed by atoms with Gasteiger partial charge in [-0.1, -0.05) is 11.6 Å². The summed E-state index contributed by atoms with van der Waals surface area (Å²) in [5.74, 6) is -1.72. The van der Waals surface area contributed by atoms with E-state index in [0.29, 0.717) is 18.9 Å². The maximum atomic E-state index is 16.0. The van der Waals surface area contributed by atoms with Crippen molar-refractivity contribution in [3.05, 3.63) is 45.2 Å². The summed E-state index contributed by atoms with van der Waals surface area (Å²) in [6.45, 7) is 6.22. The van der Waals surface area contributed by atoms with Gasteiger partial charge >= 0.3 is 6.09 Å². The molecule has 11 nitrogen and oxygen atoms in total. The third-order valence-electron chi connectivity index (χ3n) is 6.35. The molecule has 14 heteroatoms. The first-order valence-corrected chi connectivity index (χ1v) is 12.0. The number of aromatic nitrogens is 2. The van der Waals surface area contributed by atoms with Crippen LogP contribution in [0.25, 0.3) is 22.0 Å². The highest BCUT2D eigenvalue weighted by Gasteiger charge is 2.38. The summed E-state index contributed by atoms with van der Waals surface area (Å²) in [7, 11) is 0. The summed E-state index contributed by atoms with van der Waals surface area (Å²) in [4.78, 5) is 35.1. The van der Waals surface area contributed by atoms with Crippen molar-refractivity contribution in [2.75, 3.05) is 36.9 Å². The first-order valence-electron chi connectivity index (χ1n) is 11.6. The summed E-state index contributed by atoms with van der Waals surface area (Å²) in [6.07, 6.45) is 0.674. The van der Waals surface area contributed by atoms with Gasteiger partial charge in [-0.15, -0.1) is 0 Å². The average Bonchev–Trinajstić information content (AvgIpc) is 3.00. The number of benzene rings is 2. The zero-order valence-electron chi connectivity index (χ0n) is 20.6. The van der Waals surface area contributed by atoms with Gasteiger partial charge < -0.3 is 25.0 Å². The molecule has 0 saturated carbocycles. The molecule has 1 aromatic heterocycles. The molecule has 1 saturated heterocycles. The summed E-state index contributed by atoms with van der Waals surface area (Å²) in [5, 5.41) is 11.2. The molecule has 1 atom stereocenters. The average molecular weight is 549 g/mol. The van der Waals surface area contributed by atoms with Crippen LogP contribution < -0.4 is 15.4 Å². The third-order valence-corrected chi connectivity index (χ3v) is 6.71. The number of carbonyl (C=O) groups is 1. The van der Waals surface area contributed by atoms with Crippen LogP contribution in [0.1, 0.15) is 20.8 Å². The van der Waals surface area contributed by atoms with Gasteiger partial charge in [0.15, 0.2) is 11.6 Å². The molecule has 0 spiro atoms. The lowest BCUT2D eigenvalue weighted by Gasteiger charge is -2.41. The van der Waals surface area contributed by atoms with E-state index in [-0.39, 0.29) is 34.8 Å². The Morgan fingerprint density at radius 3 is 2.68 bits per heavy atom. The minimum Gasteiger partial charge on any atom is -0.489 e. The predicted molar refractivity (Wildman–Crippen MR) is 135 cm³/mol. The van der Waals surface area contributed by atoms with Crippen molar-refractivity contribution in [1.82, 2.24) is 14.9 Å². The number of ether oxygens (including phenoxy) is 2. The molecule has 3 aromatic rings. The van der Waals surface area contributed by atoms with Crippen molar-refractivity contribution in [3.8, 4) is 16.9 Å². The SMILES string of the molecule is CC(C)(C)OC(=O)N1CCN2c3ncnc4c(F)c(-c5c(F)ccc([N+](=O)[O-])c5N)c(Cl)c(c34)OC[C@@H]2C1. The molecule has 5 rings (SSSR count). The van der Waals surface area contributed by atoms with Gasteiger partial charge in [-0.05, 0) is 26.8 Å². The fraction of sp³-hybridized carbons (Fsp3) is 0.375. The van der Waals surface area contributed by atoms with Crippen LogP contribution in [-0.2, 0) is 4.74 Å². The van der Waals surface area contributed by atoms with Crippen LogP contribution in [0.4, 0.5) is 30.8 Å². The number of hydrogen-bond donors (Lipinski definition) is 1. The Hall–Kier alpha value is -4.00. The molecule has 2 aliphatic rings. The Balaban J connectivity index is 1.63. The first kappa shape index (κ1) is 25.6. The largest absolute Gasteiger partial charge is 0.489 e. The van der Waals surface area contributed by atoms with Crippen LogP contribution in [-0.4, -0.2) is 63.8 Å². The van der Waals surface area contributed by atoms with Gasteiger partial charge in [-0.3, -0.25) is 10.1 Å². The Morgan fingerprint density at radius 1 is 1.26 bits per heavy atom. The van der Waals surface area contributed by atoms with Crippen LogP contribution in [0.5, 0.6) is 5.75 Å². The van der Waals surface area contributed by atoms with E-state index in [0.717, 1.165) is 18.5 Å². The van der Waals surface area contributed by atoms with Gasteiger partial charge in [0.1, 0.15) is 41.4 Å². The van der Waals surface area contributed by atoms with Crippen molar-refractivity contribution < 1.29 is 28.0 Å². The van der Waals surface area contributed by atoms with Crippen LogP contribution in [0.15, 0.2) is 18.5 Å². The van der Waals surface area contributed by atoms with E-state index in [4.69, 9.17) is 26.8 Å².